The van der Waals surface area contributed by atoms with Crippen LogP contribution in [0.3, 0.4) is 0 Å². The van der Waals surface area contributed by atoms with E-state index in [1.807, 2.05) is 35.2 Å². The number of carbonyl (C=O) groups excluding carboxylic acids is 1. The molecule has 2 aromatic rings. The predicted octanol–water partition coefficient (Wildman–Crippen LogP) is 1.94. The summed E-state index contributed by atoms with van der Waals surface area (Å²) >= 11 is 0. The van der Waals surface area contributed by atoms with Crippen LogP contribution in [0.25, 0.3) is 0 Å². The van der Waals surface area contributed by atoms with Crippen molar-refractivity contribution in [2.24, 2.45) is 5.41 Å². The zero-order chi connectivity index (χ0) is 23.9. The van der Waals surface area contributed by atoms with Gasteiger partial charge in [0.2, 0.25) is 20.0 Å². The standard InChI is InChI=1S/C21H26N4O6S2/c1-32(27,28)25(33(2,29)30)17-14-22-18(20(26)31-15-16-6-4-3-5-7-16)19(23-17)24-12-10-21(8-9-21)11-13-24/h3-7,14H,8-13,15H2,1-2H3. The number of hydrogen-bond donors (Lipinski definition) is 0. The molecule has 1 aliphatic heterocycles. The highest BCUT2D eigenvalue weighted by Gasteiger charge is 2.45. The molecule has 2 fully saturated rings. The van der Waals surface area contributed by atoms with E-state index in [0.29, 0.717) is 18.5 Å². The lowest BCUT2D eigenvalue weighted by atomic mass is 9.94. The van der Waals surface area contributed by atoms with Crippen LogP contribution in [0.2, 0.25) is 0 Å². The molecule has 4 rings (SSSR count). The smallest absolute Gasteiger partial charge is 0.361 e. The molecule has 1 aromatic heterocycles. The topological polar surface area (TPSA) is 127 Å². The molecular weight excluding hydrogens is 468 g/mol. The lowest BCUT2D eigenvalue weighted by molar-refractivity contribution is 0.0466. The lowest BCUT2D eigenvalue weighted by Gasteiger charge is -2.34. The Hall–Kier alpha value is -2.73. The molecule has 33 heavy (non-hydrogen) atoms. The maximum atomic E-state index is 12.9. The van der Waals surface area contributed by atoms with E-state index in [1.165, 1.54) is 12.8 Å². The van der Waals surface area contributed by atoms with Crippen LogP contribution in [0.4, 0.5) is 11.6 Å². The number of esters is 1. The van der Waals surface area contributed by atoms with Crippen molar-refractivity contribution in [1.29, 1.82) is 0 Å². The number of piperidine rings is 1. The molecule has 0 unspecified atom stereocenters. The van der Waals surface area contributed by atoms with Crippen molar-refractivity contribution in [2.45, 2.75) is 32.3 Å². The van der Waals surface area contributed by atoms with Crippen LogP contribution in [0.5, 0.6) is 0 Å². The van der Waals surface area contributed by atoms with E-state index < -0.39 is 26.0 Å². The second-order valence-corrected chi connectivity index (χ2v) is 12.6. The van der Waals surface area contributed by atoms with Crippen LogP contribution < -0.4 is 8.61 Å². The van der Waals surface area contributed by atoms with E-state index in [0.717, 1.165) is 37.1 Å². The zero-order valence-corrected chi connectivity index (χ0v) is 20.1. The third-order valence-electron chi connectivity index (χ3n) is 6.02. The van der Waals surface area contributed by atoms with Crippen molar-refractivity contribution in [3.8, 4) is 0 Å². The highest BCUT2D eigenvalue weighted by Crippen LogP contribution is 2.54. The summed E-state index contributed by atoms with van der Waals surface area (Å²) in [5.74, 6) is -0.982. The summed E-state index contributed by atoms with van der Waals surface area (Å²) in [4.78, 5) is 23.2. The van der Waals surface area contributed by atoms with Crippen LogP contribution in [0.15, 0.2) is 36.5 Å². The van der Waals surface area contributed by atoms with Crippen LogP contribution in [0, 0.1) is 5.41 Å². The van der Waals surface area contributed by atoms with Gasteiger partial charge in [-0.15, -0.1) is 3.71 Å². The number of aromatic nitrogens is 2. The molecule has 0 radical (unpaired) electrons. The third-order valence-corrected chi connectivity index (χ3v) is 9.22. The minimum absolute atomic E-state index is 0.0322. The Bertz CT molecular complexity index is 1220. The van der Waals surface area contributed by atoms with Gasteiger partial charge in [-0.1, -0.05) is 30.3 Å². The molecule has 2 aliphatic rings. The first-order chi connectivity index (χ1) is 15.5. The number of sulfonamides is 2. The molecule has 1 saturated heterocycles. The highest BCUT2D eigenvalue weighted by atomic mass is 32.3. The van der Waals surface area contributed by atoms with E-state index in [-0.39, 0.29) is 27.6 Å². The summed E-state index contributed by atoms with van der Waals surface area (Å²) in [5, 5.41) is 0. The van der Waals surface area contributed by atoms with Gasteiger partial charge in [-0.05, 0) is 36.7 Å². The molecule has 0 N–H and O–H groups in total. The largest absolute Gasteiger partial charge is 0.456 e. The summed E-state index contributed by atoms with van der Waals surface area (Å²) in [6, 6.07) is 9.15. The number of carbonyl (C=O) groups is 1. The molecule has 10 nitrogen and oxygen atoms in total. The fraction of sp³-hybridized carbons (Fsp3) is 0.476. The number of anilines is 2. The van der Waals surface area contributed by atoms with E-state index in [1.54, 1.807) is 0 Å². The summed E-state index contributed by atoms with van der Waals surface area (Å²) in [5.41, 5.74) is 1.07. The molecule has 1 saturated carbocycles. The second-order valence-electron chi connectivity index (χ2n) is 8.67. The Morgan fingerprint density at radius 1 is 1.03 bits per heavy atom. The SMILES string of the molecule is CS(=O)(=O)N(c1cnc(C(=O)OCc2ccccc2)c(N2CCC3(CC2)CC3)n1)S(C)(=O)=O. The Balaban J connectivity index is 1.68. The Morgan fingerprint density at radius 2 is 1.64 bits per heavy atom. The van der Waals surface area contributed by atoms with Crippen molar-refractivity contribution < 1.29 is 26.4 Å². The van der Waals surface area contributed by atoms with Gasteiger partial charge in [0, 0.05) is 13.1 Å². The molecule has 0 bridgehead atoms. The van der Waals surface area contributed by atoms with Gasteiger partial charge in [-0.2, -0.15) is 0 Å². The van der Waals surface area contributed by atoms with Crippen LogP contribution in [-0.2, 0) is 31.4 Å². The first-order valence-corrected chi connectivity index (χ1v) is 14.2. The highest BCUT2D eigenvalue weighted by molar-refractivity contribution is 8.09. The van der Waals surface area contributed by atoms with Crippen LogP contribution in [0.1, 0.15) is 41.7 Å². The van der Waals surface area contributed by atoms with E-state index in [9.17, 15) is 21.6 Å². The van der Waals surface area contributed by atoms with Crippen molar-refractivity contribution in [3.05, 3.63) is 47.8 Å². The summed E-state index contributed by atoms with van der Waals surface area (Å²) in [7, 11) is -8.41. The first-order valence-electron chi connectivity index (χ1n) is 10.5. The van der Waals surface area contributed by atoms with Crippen molar-refractivity contribution in [1.82, 2.24) is 9.97 Å². The summed E-state index contributed by atoms with van der Waals surface area (Å²) in [6.45, 7) is 1.24. The maximum absolute atomic E-state index is 12.9. The van der Waals surface area contributed by atoms with Gasteiger partial charge in [-0.3, -0.25) is 0 Å². The quantitative estimate of drug-likeness (QED) is 0.531. The molecule has 1 aliphatic carbocycles. The zero-order valence-electron chi connectivity index (χ0n) is 18.5. The normalized spacial score (nSPS) is 17.6. The summed E-state index contributed by atoms with van der Waals surface area (Å²) < 4.78 is 54.5. The molecule has 2 heterocycles. The van der Waals surface area contributed by atoms with Gasteiger partial charge in [0.05, 0.1) is 18.7 Å². The van der Waals surface area contributed by atoms with E-state index in [2.05, 4.69) is 9.97 Å². The molecule has 0 atom stereocenters. The van der Waals surface area contributed by atoms with Gasteiger partial charge in [0.25, 0.3) is 0 Å². The molecule has 1 aromatic carbocycles. The van der Waals surface area contributed by atoms with Gasteiger partial charge in [0.1, 0.15) is 6.61 Å². The molecule has 1 spiro atoms. The van der Waals surface area contributed by atoms with Gasteiger partial charge >= 0.3 is 5.97 Å². The maximum Gasteiger partial charge on any atom is 0.361 e. The molecule has 12 heteroatoms. The van der Waals surface area contributed by atoms with Crippen LogP contribution in [-0.4, -0.2) is 58.4 Å². The Kier molecular flexibility index (Phi) is 6.08. The average Bonchev–Trinajstić information content (AvgIpc) is 3.50. The minimum atomic E-state index is -4.20. The monoisotopic (exact) mass is 494 g/mol. The van der Waals surface area contributed by atoms with Crippen molar-refractivity contribution in [2.75, 3.05) is 34.2 Å². The van der Waals surface area contributed by atoms with Gasteiger partial charge in [0.15, 0.2) is 17.3 Å². The fourth-order valence-electron chi connectivity index (χ4n) is 4.07. The van der Waals surface area contributed by atoms with E-state index in [4.69, 9.17) is 4.74 Å². The number of benzene rings is 1. The number of rotatable bonds is 7. The lowest BCUT2D eigenvalue weighted by Crippen LogP contribution is -2.39. The van der Waals surface area contributed by atoms with E-state index >= 15 is 0 Å². The predicted molar refractivity (Wildman–Crippen MR) is 123 cm³/mol. The van der Waals surface area contributed by atoms with Crippen molar-refractivity contribution >= 4 is 37.7 Å². The van der Waals surface area contributed by atoms with Gasteiger partial charge in [-0.25, -0.2) is 31.6 Å². The molecular formula is C21H26N4O6S2. The molecule has 178 valence electrons. The molecule has 0 amide bonds. The Labute approximate surface area is 193 Å². The van der Waals surface area contributed by atoms with Gasteiger partial charge < -0.3 is 9.64 Å². The number of ether oxygens (including phenoxy) is 1. The second kappa shape index (κ2) is 8.56. The average molecular weight is 495 g/mol. The number of nitrogens with zero attached hydrogens (tertiary/aromatic N) is 4. The fourth-order valence-corrected chi connectivity index (χ4v) is 6.89. The minimum Gasteiger partial charge on any atom is -0.456 e. The Morgan fingerprint density at radius 3 is 2.18 bits per heavy atom. The first kappa shape index (κ1) is 23.4. The number of hydrogen-bond acceptors (Lipinski definition) is 9. The summed E-state index contributed by atoms with van der Waals surface area (Å²) in [6.07, 6.45) is 6.70. The van der Waals surface area contributed by atoms with Crippen molar-refractivity contribution in [3.63, 3.8) is 0 Å². The third kappa shape index (κ3) is 5.27. The van der Waals surface area contributed by atoms with Crippen LogP contribution >= 0.6 is 0 Å².